The van der Waals surface area contributed by atoms with Gasteiger partial charge in [0.15, 0.2) is 0 Å². The molecule has 1 aromatic rings. The monoisotopic (exact) mass is 439 g/mol. The maximum Gasteiger partial charge on any atom is 0.410 e. The zero-order chi connectivity index (χ0) is 22.6. The fourth-order valence-electron chi connectivity index (χ4n) is 4.26. The fraction of sp³-hybridized carbons (Fsp3) is 0.682. The number of sulfonamides is 1. The second kappa shape index (κ2) is 9.56. The summed E-state index contributed by atoms with van der Waals surface area (Å²) in [5.74, 6) is 0.423. The summed E-state index contributed by atoms with van der Waals surface area (Å²) < 4.78 is 28.6. The average Bonchev–Trinajstić information content (AvgIpc) is 2.94. The van der Waals surface area contributed by atoms with Crippen LogP contribution >= 0.6 is 0 Å². The molecule has 0 aliphatic carbocycles. The number of nitrogens with one attached hydrogen (secondary N) is 1. The van der Waals surface area contributed by atoms with Crippen LogP contribution in [0.4, 0.5) is 10.5 Å². The molecular weight excluding hydrogens is 402 g/mol. The van der Waals surface area contributed by atoms with Crippen LogP contribution in [0.2, 0.25) is 0 Å². The molecule has 2 unspecified atom stereocenters. The maximum atomic E-state index is 12.8. The summed E-state index contributed by atoms with van der Waals surface area (Å²) in [6.45, 7) is 11.4. The molecule has 1 amide bonds. The summed E-state index contributed by atoms with van der Waals surface area (Å²) in [6, 6.07) is 6.53. The molecule has 1 heterocycles. The normalized spacial score (nSPS) is 22.2. The Balaban J connectivity index is 1.91. The van der Waals surface area contributed by atoms with Crippen LogP contribution in [0.3, 0.4) is 0 Å². The highest BCUT2D eigenvalue weighted by atomic mass is 32.2. The quantitative estimate of drug-likeness (QED) is 0.587. The van der Waals surface area contributed by atoms with Crippen molar-refractivity contribution in [3.05, 3.63) is 24.3 Å². The van der Waals surface area contributed by atoms with Crippen molar-refractivity contribution in [1.82, 2.24) is 4.90 Å². The Morgan fingerprint density at radius 2 is 2.07 bits per heavy atom. The van der Waals surface area contributed by atoms with Gasteiger partial charge in [0.25, 0.3) is 0 Å². The van der Waals surface area contributed by atoms with E-state index in [1.807, 2.05) is 31.7 Å². The number of ether oxygens (including phenoxy) is 1. The highest BCUT2D eigenvalue weighted by molar-refractivity contribution is 7.89. The lowest BCUT2D eigenvalue weighted by Crippen LogP contribution is -2.47. The summed E-state index contributed by atoms with van der Waals surface area (Å²) in [6.07, 6.45) is 4.64. The number of carbonyl (C=O) groups is 1. The Morgan fingerprint density at radius 1 is 1.37 bits per heavy atom. The second-order valence-corrected chi connectivity index (χ2v) is 11.1. The minimum atomic E-state index is -3.70. The molecule has 8 heteroatoms. The number of benzene rings is 1. The van der Waals surface area contributed by atoms with Gasteiger partial charge in [0.1, 0.15) is 5.60 Å². The van der Waals surface area contributed by atoms with E-state index in [0.29, 0.717) is 12.5 Å². The minimum absolute atomic E-state index is 0.103. The molecule has 0 aromatic heterocycles. The Morgan fingerprint density at radius 3 is 2.67 bits per heavy atom. The molecule has 1 aliphatic rings. The number of anilines is 1. The molecule has 0 bridgehead atoms. The average molecular weight is 440 g/mol. The molecule has 2 atom stereocenters. The van der Waals surface area contributed by atoms with Crippen molar-refractivity contribution in [3.8, 4) is 0 Å². The molecule has 1 aliphatic heterocycles. The van der Waals surface area contributed by atoms with E-state index in [2.05, 4.69) is 19.2 Å². The highest BCUT2D eigenvalue weighted by Gasteiger charge is 2.45. The Labute approximate surface area is 181 Å². The molecule has 0 spiro atoms. The van der Waals surface area contributed by atoms with Gasteiger partial charge in [-0.2, -0.15) is 0 Å². The van der Waals surface area contributed by atoms with Gasteiger partial charge >= 0.3 is 6.09 Å². The van der Waals surface area contributed by atoms with Gasteiger partial charge in [-0.25, -0.2) is 18.4 Å². The summed E-state index contributed by atoms with van der Waals surface area (Å²) in [4.78, 5) is 14.8. The number of nitrogens with two attached hydrogens (primary N) is 1. The van der Waals surface area contributed by atoms with Crippen LogP contribution in [-0.2, 0) is 14.8 Å². The molecule has 0 radical (unpaired) electrons. The third-order valence-electron chi connectivity index (χ3n) is 5.50. The number of rotatable bonds is 8. The van der Waals surface area contributed by atoms with E-state index in [4.69, 9.17) is 9.88 Å². The van der Waals surface area contributed by atoms with Gasteiger partial charge in [-0.05, 0) is 77.5 Å². The van der Waals surface area contributed by atoms with E-state index in [1.54, 1.807) is 12.1 Å². The topological polar surface area (TPSA) is 102 Å². The van der Waals surface area contributed by atoms with Crippen LogP contribution < -0.4 is 10.5 Å². The van der Waals surface area contributed by atoms with E-state index in [0.717, 1.165) is 44.3 Å². The predicted molar refractivity (Wildman–Crippen MR) is 120 cm³/mol. The van der Waals surface area contributed by atoms with Crippen LogP contribution in [0, 0.1) is 5.92 Å². The van der Waals surface area contributed by atoms with Crippen molar-refractivity contribution in [2.45, 2.75) is 82.8 Å². The van der Waals surface area contributed by atoms with Gasteiger partial charge in [0.05, 0.1) is 4.90 Å². The third-order valence-corrected chi connectivity index (χ3v) is 6.42. The molecule has 170 valence electrons. The molecule has 1 aromatic carbocycles. The number of amides is 1. The lowest BCUT2D eigenvalue weighted by molar-refractivity contribution is 0.00904. The SMILES string of the molecule is CCCC1(C)CC(CCCNc2cccc(S(N)(=O)=O)c2)CN1C(=O)OC(C)(C)C. The van der Waals surface area contributed by atoms with Crippen molar-refractivity contribution in [1.29, 1.82) is 0 Å². The molecule has 1 fully saturated rings. The number of hydrogen-bond donors (Lipinski definition) is 2. The van der Waals surface area contributed by atoms with Gasteiger partial charge in [-0.3, -0.25) is 0 Å². The van der Waals surface area contributed by atoms with Crippen LogP contribution in [0.15, 0.2) is 29.2 Å². The van der Waals surface area contributed by atoms with Crippen LogP contribution in [0.1, 0.15) is 66.7 Å². The van der Waals surface area contributed by atoms with E-state index in [-0.39, 0.29) is 16.5 Å². The molecule has 2 rings (SSSR count). The Kier molecular flexibility index (Phi) is 7.80. The van der Waals surface area contributed by atoms with Crippen molar-refractivity contribution < 1.29 is 17.9 Å². The van der Waals surface area contributed by atoms with Gasteiger partial charge < -0.3 is 15.0 Å². The van der Waals surface area contributed by atoms with Gasteiger partial charge in [-0.1, -0.05) is 19.4 Å². The lowest BCUT2D eigenvalue weighted by Gasteiger charge is -2.36. The van der Waals surface area contributed by atoms with Crippen molar-refractivity contribution >= 4 is 21.8 Å². The first-order chi connectivity index (χ1) is 13.8. The number of likely N-dealkylation sites (tertiary alicyclic amines) is 1. The Bertz CT molecular complexity index is 835. The molecular formula is C22H37N3O4S. The Hall–Kier alpha value is -1.80. The van der Waals surface area contributed by atoms with Crippen molar-refractivity contribution in [2.75, 3.05) is 18.4 Å². The second-order valence-electron chi connectivity index (χ2n) is 9.55. The number of carbonyl (C=O) groups excluding carboxylic acids is 1. The van der Waals surface area contributed by atoms with Crippen LogP contribution in [-0.4, -0.2) is 43.6 Å². The van der Waals surface area contributed by atoms with Crippen molar-refractivity contribution in [3.63, 3.8) is 0 Å². The zero-order valence-corrected chi connectivity index (χ0v) is 19.7. The first-order valence-electron chi connectivity index (χ1n) is 10.7. The number of hydrogen-bond acceptors (Lipinski definition) is 5. The summed E-state index contributed by atoms with van der Waals surface area (Å²) in [5, 5.41) is 8.46. The minimum Gasteiger partial charge on any atom is -0.444 e. The highest BCUT2D eigenvalue weighted by Crippen LogP contribution is 2.39. The fourth-order valence-corrected chi connectivity index (χ4v) is 4.82. The van der Waals surface area contributed by atoms with Crippen LogP contribution in [0.5, 0.6) is 0 Å². The van der Waals surface area contributed by atoms with Gasteiger partial charge in [-0.15, -0.1) is 0 Å². The van der Waals surface area contributed by atoms with E-state index in [1.165, 1.54) is 6.07 Å². The summed E-state index contributed by atoms with van der Waals surface area (Å²) in [7, 11) is -3.70. The number of nitrogens with zero attached hydrogens (tertiary/aromatic N) is 1. The van der Waals surface area contributed by atoms with Crippen LogP contribution in [0.25, 0.3) is 0 Å². The maximum absolute atomic E-state index is 12.8. The molecule has 3 N–H and O–H groups in total. The molecule has 7 nitrogen and oxygen atoms in total. The van der Waals surface area contributed by atoms with E-state index in [9.17, 15) is 13.2 Å². The zero-order valence-electron chi connectivity index (χ0n) is 18.9. The lowest BCUT2D eigenvalue weighted by atomic mass is 9.88. The first kappa shape index (κ1) is 24.5. The standard InChI is InChI=1S/C22H37N3O4S/c1-6-12-22(5)15-17(16-25(22)20(26)29-21(2,3)4)9-8-13-24-18-10-7-11-19(14-18)30(23,27)28/h7,10-11,14,17,24H,6,8-9,12-13,15-16H2,1-5H3,(H2,23,27,28). The predicted octanol–water partition coefficient (Wildman–Crippen LogP) is 4.34. The van der Waals surface area contributed by atoms with Gasteiger partial charge in [0, 0.05) is 24.3 Å². The summed E-state index contributed by atoms with van der Waals surface area (Å²) in [5.41, 5.74) is 0.0654. The number of primary sulfonamides is 1. The first-order valence-corrected chi connectivity index (χ1v) is 12.3. The smallest absolute Gasteiger partial charge is 0.410 e. The van der Waals surface area contributed by atoms with Gasteiger partial charge in [0.2, 0.25) is 10.0 Å². The largest absolute Gasteiger partial charge is 0.444 e. The molecule has 1 saturated heterocycles. The molecule has 30 heavy (non-hydrogen) atoms. The van der Waals surface area contributed by atoms with Crippen molar-refractivity contribution in [2.24, 2.45) is 11.1 Å². The van der Waals surface area contributed by atoms with E-state index >= 15 is 0 Å². The van der Waals surface area contributed by atoms with E-state index < -0.39 is 15.6 Å². The summed E-state index contributed by atoms with van der Waals surface area (Å²) >= 11 is 0. The molecule has 0 saturated carbocycles. The third kappa shape index (κ3) is 6.87.